The van der Waals surface area contributed by atoms with E-state index in [1.807, 2.05) is 0 Å². The number of carbonyl (C=O) groups excluding carboxylic acids is 1. The van der Waals surface area contributed by atoms with Gasteiger partial charge in [-0.2, -0.15) is 0 Å². The second kappa shape index (κ2) is 21.6. The molecule has 0 amide bonds. The summed E-state index contributed by atoms with van der Waals surface area (Å²) in [5.74, 6) is -0.386. The van der Waals surface area contributed by atoms with Crippen molar-refractivity contribution in [2.24, 2.45) is 0 Å². The minimum atomic E-state index is -1.14. The van der Waals surface area contributed by atoms with Gasteiger partial charge >= 0.3 is 5.97 Å². The van der Waals surface area contributed by atoms with E-state index in [1.165, 1.54) is 103 Å². The average Bonchev–Trinajstić information content (AvgIpc) is 3.17. The van der Waals surface area contributed by atoms with Crippen LogP contribution in [0, 0.1) is 0 Å². The molecule has 6 nitrogen and oxygen atoms in total. The summed E-state index contributed by atoms with van der Waals surface area (Å²) in [6, 6.07) is 0. The predicted molar refractivity (Wildman–Crippen MR) is 137 cm³/mol. The number of aliphatic hydroxyl groups is 3. The lowest BCUT2D eigenvalue weighted by atomic mass is 10.0. The molecule has 0 aromatic heterocycles. The van der Waals surface area contributed by atoms with Gasteiger partial charge in [-0.05, 0) is 6.42 Å². The van der Waals surface area contributed by atoms with Gasteiger partial charge in [-0.15, -0.1) is 0 Å². The highest BCUT2D eigenvalue weighted by atomic mass is 16.6. The van der Waals surface area contributed by atoms with E-state index >= 15 is 0 Å². The summed E-state index contributed by atoms with van der Waals surface area (Å²) >= 11 is 0. The van der Waals surface area contributed by atoms with E-state index in [0.717, 1.165) is 19.3 Å². The SMILES string of the molecule is CCCCCCCCCCCCCCCCCCCCCC(=O)O[C@H](CO)[C@H]1OC[C@H](O)[C@H]1O. The van der Waals surface area contributed by atoms with Gasteiger partial charge < -0.3 is 24.8 Å². The second-order valence-corrected chi connectivity index (χ2v) is 10.2. The Morgan fingerprint density at radius 2 is 1.18 bits per heavy atom. The number of hydrogen-bond donors (Lipinski definition) is 3. The van der Waals surface area contributed by atoms with Crippen LogP contribution >= 0.6 is 0 Å². The monoisotopic (exact) mass is 486 g/mol. The molecule has 1 rings (SSSR count). The fourth-order valence-corrected chi connectivity index (χ4v) is 4.74. The van der Waals surface area contributed by atoms with Crippen molar-refractivity contribution in [3.8, 4) is 0 Å². The Hall–Kier alpha value is -0.690. The van der Waals surface area contributed by atoms with Crippen molar-refractivity contribution in [2.45, 2.75) is 160 Å². The van der Waals surface area contributed by atoms with Gasteiger partial charge in [0.15, 0.2) is 6.10 Å². The molecule has 4 atom stereocenters. The topological polar surface area (TPSA) is 96.2 Å². The molecule has 1 aliphatic rings. The summed E-state index contributed by atoms with van der Waals surface area (Å²) in [5, 5.41) is 28.8. The third-order valence-electron chi connectivity index (χ3n) is 7.00. The highest BCUT2D eigenvalue weighted by Crippen LogP contribution is 2.20. The number of unbranched alkanes of at least 4 members (excludes halogenated alkanes) is 18. The van der Waals surface area contributed by atoms with Gasteiger partial charge in [-0.3, -0.25) is 4.79 Å². The first-order chi connectivity index (χ1) is 16.6. The Labute approximate surface area is 208 Å². The van der Waals surface area contributed by atoms with E-state index in [0.29, 0.717) is 6.42 Å². The quantitative estimate of drug-likeness (QED) is 0.124. The van der Waals surface area contributed by atoms with Crippen molar-refractivity contribution in [3.05, 3.63) is 0 Å². The van der Waals surface area contributed by atoms with Crippen LogP contribution < -0.4 is 0 Å². The van der Waals surface area contributed by atoms with Crippen molar-refractivity contribution in [1.29, 1.82) is 0 Å². The molecule has 6 heteroatoms. The van der Waals surface area contributed by atoms with Crippen LogP contribution in [0.15, 0.2) is 0 Å². The lowest BCUT2D eigenvalue weighted by Gasteiger charge is -2.24. The summed E-state index contributed by atoms with van der Waals surface area (Å²) in [5.41, 5.74) is 0. The maximum atomic E-state index is 12.0. The van der Waals surface area contributed by atoms with Crippen molar-refractivity contribution in [1.82, 2.24) is 0 Å². The summed E-state index contributed by atoms with van der Waals surface area (Å²) in [6.45, 7) is 1.83. The molecule has 3 N–H and O–H groups in total. The Morgan fingerprint density at radius 3 is 1.53 bits per heavy atom. The van der Waals surface area contributed by atoms with E-state index < -0.39 is 31.0 Å². The zero-order valence-corrected chi connectivity index (χ0v) is 21.9. The van der Waals surface area contributed by atoms with Gasteiger partial charge in [0.2, 0.25) is 0 Å². The highest BCUT2D eigenvalue weighted by molar-refractivity contribution is 5.69. The van der Waals surface area contributed by atoms with Gasteiger partial charge in [-0.1, -0.05) is 122 Å². The van der Waals surface area contributed by atoms with Crippen molar-refractivity contribution in [3.63, 3.8) is 0 Å². The summed E-state index contributed by atoms with van der Waals surface area (Å²) in [6.07, 6.45) is 21.3. The number of carbonyl (C=O) groups is 1. The zero-order chi connectivity index (χ0) is 24.9. The molecular weight excluding hydrogens is 432 g/mol. The first-order valence-corrected chi connectivity index (χ1v) is 14.4. The van der Waals surface area contributed by atoms with Gasteiger partial charge in [0, 0.05) is 6.42 Å². The van der Waals surface area contributed by atoms with Crippen molar-refractivity contribution < 1.29 is 29.6 Å². The molecule has 0 radical (unpaired) electrons. The standard InChI is InChI=1S/C28H54O6/c1-2-3-4-5-6-7-8-9-10-11-12-13-14-15-16-17-18-19-20-21-26(31)34-25(22-29)28-27(32)24(30)23-33-28/h24-25,27-30,32H,2-23H2,1H3/t24-,25+,27+,28+/m0/s1. The van der Waals surface area contributed by atoms with Crippen LogP contribution in [0.5, 0.6) is 0 Å². The minimum absolute atomic E-state index is 0.0147. The Morgan fingerprint density at radius 1 is 0.765 bits per heavy atom. The summed E-state index contributed by atoms with van der Waals surface area (Å²) in [4.78, 5) is 12.0. The molecule has 0 unspecified atom stereocenters. The smallest absolute Gasteiger partial charge is 0.306 e. The summed E-state index contributed by atoms with van der Waals surface area (Å²) in [7, 11) is 0. The second-order valence-electron chi connectivity index (χ2n) is 10.2. The van der Waals surface area contributed by atoms with E-state index in [1.54, 1.807) is 0 Å². The Kier molecular flexibility index (Phi) is 19.9. The van der Waals surface area contributed by atoms with Crippen LogP contribution in [0.25, 0.3) is 0 Å². The van der Waals surface area contributed by atoms with Crippen molar-refractivity contribution in [2.75, 3.05) is 13.2 Å². The van der Waals surface area contributed by atoms with E-state index in [9.17, 15) is 20.1 Å². The number of hydrogen-bond acceptors (Lipinski definition) is 6. The lowest BCUT2D eigenvalue weighted by Crippen LogP contribution is -2.43. The van der Waals surface area contributed by atoms with Gasteiger partial charge in [-0.25, -0.2) is 0 Å². The van der Waals surface area contributed by atoms with Crippen LogP contribution in [-0.2, 0) is 14.3 Å². The van der Waals surface area contributed by atoms with Gasteiger partial charge in [0.1, 0.15) is 18.3 Å². The normalized spacial score (nSPS) is 21.1. The van der Waals surface area contributed by atoms with Crippen molar-refractivity contribution >= 4 is 5.97 Å². The molecule has 1 saturated heterocycles. The molecule has 0 aromatic rings. The predicted octanol–water partition coefficient (Wildman–Crippen LogP) is 5.83. The molecular formula is C28H54O6. The molecule has 202 valence electrons. The lowest BCUT2D eigenvalue weighted by molar-refractivity contribution is -0.162. The van der Waals surface area contributed by atoms with Crippen LogP contribution in [0.2, 0.25) is 0 Å². The van der Waals surface area contributed by atoms with Crippen LogP contribution in [0.4, 0.5) is 0 Å². The molecule has 0 aliphatic carbocycles. The highest BCUT2D eigenvalue weighted by Gasteiger charge is 2.41. The van der Waals surface area contributed by atoms with Gasteiger partial charge in [0.05, 0.1) is 13.2 Å². The number of aliphatic hydroxyl groups excluding tert-OH is 3. The third kappa shape index (κ3) is 15.3. The molecule has 1 aliphatic heterocycles. The molecule has 1 heterocycles. The molecule has 34 heavy (non-hydrogen) atoms. The molecule has 0 spiro atoms. The van der Waals surface area contributed by atoms with Crippen LogP contribution in [-0.4, -0.2) is 58.9 Å². The summed E-state index contributed by atoms with van der Waals surface area (Å²) < 4.78 is 10.5. The maximum Gasteiger partial charge on any atom is 0.306 e. The number of ether oxygens (including phenoxy) is 2. The van der Waals surface area contributed by atoms with Crippen LogP contribution in [0.3, 0.4) is 0 Å². The van der Waals surface area contributed by atoms with Gasteiger partial charge in [0.25, 0.3) is 0 Å². The molecule has 0 bridgehead atoms. The van der Waals surface area contributed by atoms with Crippen LogP contribution in [0.1, 0.15) is 135 Å². The molecule has 1 fully saturated rings. The largest absolute Gasteiger partial charge is 0.457 e. The Bertz CT molecular complexity index is 472. The first kappa shape index (κ1) is 31.3. The van der Waals surface area contributed by atoms with E-state index in [2.05, 4.69) is 6.92 Å². The maximum absolute atomic E-state index is 12.0. The minimum Gasteiger partial charge on any atom is -0.457 e. The molecule has 0 saturated carbocycles. The first-order valence-electron chi connectivity index (χ1n) is 14.4. The van der Waals surface area contributed by atoms with E-state index in [4.69, 9.17) is 9.47 Å². The molecule has 0 aromatic carbocycles. The number of rotatable bonds is 23. The van der Waals surface area contributed by atoms with E-state index in [-0.39, 0.29) is 12.6 Å². The number of esters is 1. The Balaban J connectivity index is 1.82. The fourth-order valence-electron chi connectivity index (χ4n) is 4.74. The fraction of sp³-hybridized carbons (Fsp3) is 0.964. The zero-order valence-electron chi connectivity index (χ0n) is 21.9. The average molecular weight is 487 g/mol. The third-order valence-corrected chi connectivity index (χ3v) is 7.00.